The second-order valence-electron chi connectivity index (χ2n) is 19.4. The van der Waals surface area contributed by atoms with Crippen molar-refractivity contribution in [2.75, 3.05) is 40.5 Å². The number of amides is 1. The molecule has 2 saturated heterocycles. The number of methoxy groups -OCH3 is 2. The predicted octanol–water partition coefficient (Wildman–Crippen LogP) is 9.09. The van der Waals surface area contributed by atoms with Crippen LogP contribution in [0.4, 0.5) is 4.79 Å². The highest BCUT2D eigenvalue weighted by Gasteiger charge is 2.62. The van der Waals surface area contributed by atoms with Crippen molar-refractivity contribution >= 4 is 74.3 Å². The molecular weight excluding hydrogens is 956 g/mol. The summed E-state index contributed by atoms with van der Waals surface area (Å²) in [4.78, 5) is 75.2. The van der Waals surface area contributed by atoms with Crippen LogP contribution in [0.3, 0.4) is 0 Å². The number of esters is 2. The molecule has 1 amide bonds. The maximum absolute atomic E-state index is 13.7. The molecule has 4 aliphatic rings. The van der Waals surface area contributed by atoms with Gasteiger partial charge in [0.1, 0.15) is 39.6 Å². The molecule has 0 spiro atoms. The second kappa shape index (κ2) is 21.8. The molecule has 4 heterocycles. The average Bonchev–Trinajstić information content (AvgIpc) is 4.09. The summed E-state index contributed by atoms with van der Waals surface area (Å²) in [6.07, 6.45) is 3.87. The van der Waals surface area contributed by atoms with Gasteiger partial charge >= 0.3 is 18.0 Å². The predicted molar refractivity (Wildman–Crippen MR) is 267 cm³/mol. The van der Waals surface area contributed by atoms with Crippen molar-refractivity contribution in [2.24, 2.45) is 22.7 Å². The number of likely N-dealkylation sites (tertiary alicyclic amines) is 1. The van der Waals surface area contributed by atoms with Crippen molar-refractivity contribution in [3.8, 4) is 23.3 Å². The first-order valence-electron chi connectivity index (χ1n) is 23.8. The van der Waals surface area contributed by atoms with Crippen LogP contribution >= 0.6 is 23.2 Å². The monoisotopic (exact) mass is 1020 g/mol. The van der Waals surface area contributed by atoms with E-state index in [4.69, 9.17) is 56.4 Å². The summed E-state index contributed by atoms with van der Waals surface area (Å²) >= 11 is 12.5. The molecule has 380 valence electrons. The SMILES string of the molecule is C=C[C@@H]1C[C@]1(CC(=O)[C@@H]1C[C@@H](Oc2nc(Cl)cc3cc(OC)ccc23)CN1)C(=O)OCC.C=C[C@@H]1C[C@]1(CC(=O)[C@@H]1C[C@@H](Oc2nc(Cl)cc3cc(OC)ccc23)CN1C(=O)OC(C)(C)C)C(=O)OCC. The number of carbonyl (C=O) groups excluding carboxylic acids is 5. The van der Waals surface area contributed by atoms with Crippen LogP contribution in [0.5, 0.6) is 23.3 Å². The maximum atomic E-state index is 13.7. The lowest BCUT2D eigenvalue weighted by Crippen LogP contribution is -2.44. The van der Waals surface area contributed by atoms with Crippen molar-refractivity contribution in [3.05, 3.63) is 84.1 Å². The number of fused-ring (bicyclic) bond motifs is 2. The Balaban J connectivity index is 0.000000213. The van der Waals surface area contributed by atoms with Crippen molar-refractivity contribution < 1.29 is 57.1 Å². The van der Waals surface area contributed by atoms with Crippen LogP contribution in [0.1, 0.15) is 73.1 Å². The lowest BCUT2D eigenvalue weighted by Gasteiger charge is -2.28. The topological polar surface area (TPSA) is 191 Å². The number of hydrogen-bond acceptors (Lipinski definition) is 15. The molecule has 4 fully saturated rings. The molecule has 71 heavy (non-hydrogen) atoms. The van der Waals surface area contributed by atoms with E-state index in [0.717, 1.165) is 16.2 Å². The molecule has 0 radical (unpaired) electrons. The summed E-state index contributed by atoms with van der Waals surface area (Å²) in [7, 11) is 3.18. The summed E-state index contributed by atoms with van der Waals surface area (Å²) in [5, 5.41) is 6.95. The van der Waals surface area contributed by atoms with Crippen molar-refractivity contribution in [1.29, 1.82) is 0 Å². The number of allylic oxidation sites excluding steroid dienone is 2. The van der Waals surface area contributed by atoms with Gasteiger partial charge in [-0.05, 0) is 119 Å². The largest absolute Gasteiger partial charge is 0.497 e. The summed E-state index contributed by atoms with van der Waals surface area (Å²) in [5.41, 5.74) is -2.47. The highest BCUT2D eigenvalue weighted by atomic mass is 35.5. The highest BCUT2D eigenvalue weighted by Crippen LogP contribution is 2.58. The van der Waals surface area contributed by atoms with E-state index in [1.54, 1.807) is 79.2 Å². The molecule has 0 bridgehead atoms. The quantitative estimate of drug-likeness (QED) is 0.0429. The third-order valence-electron chi connectivity index (χ3n) is 13.4. The van der Waals surface area contributed by atoms with E-state index < -0.39 is 40.6 Å². The van der Waals surface area contributed by atoms with E-state index in [2.05, 4.69) is 28.4 Å². The van der Waals surface area contributed by atoms with E-state index in [9.17, 15) is 24.0 Å². The van der Waals surface area contributed by atoms with Crippen LogP contribution in [0, 0.1) is 22.7 Å². The van der Waals surface area contributed by atoms with Crippen molar-refractivity contribution in [3.63, 3.8) is 0 Å². The lowest BCUT2D eigenvalue weighted by molar-refractivity contribution is -0.152. The van der Waals surface area contributed by atoms with E-state index in [1.807, 2.05) is 30.3 Å². The van der Waals surface area contributed by atoms with Gasteiger partial charge in [-0.15, -0.1) is 13.2 Å². The number of halogens is 2. The summed E-state index contributed by atoms with van der Waals surface area (Å²) in [6, 6.07) is 13.3. The molecule has 2 saturated carbocycles. The third-order valence-corrected chi connectivity index (χ3v) is 13.8. The van der Waals surface area contributed by atoms with Gasteiger partial charge in [-0.3, -0.25) is 24.1 Å². The number of nitrogens with one attached hydrogen (secondary N) is 1. The fraction of sp³-hybridized carbons (Fsp3) is 0.491. The van der Waals surface area contributed by atoms with Gasteiger partial charge in [0.05, 0.1) is 56.9 Å². The molecule has 2 aliphatic heterocycles. The Labute approximate surface area is 423 Å². The number of nitrogens with zero attached hydrogens (tertiary/aromatic N) is 3. The zero-order chi connectivity index (χ0) is 51.4. The van der Waals surface area contributed by atoms with Crippen LogP contribution in [0.15, 0.2) is 73.8 Å². The molecule has 2 aromatic heterocycles. The van der Waals surface area contributed by atoms with E-state index in [0.29, 0.717) is 66.2 Å². The van der Waals surface area contributed by atoms with Gasteiger partial charge in [0.25, 0.3) is 0 Å². The minimum atomic E-state index is -0.947. The van der Waals surface area contributed by atoms with Crippen LogP contribution in [0.25, 0.3) is 21.5 Å². The van der Waals surface area contributed by atoms with Crippen LogP contribution < -0.4 is 24.3 Å². The number of hydrogen-bond donors (Lipinski definition) is 1. The van der Waals surface area contributed by atoms with E-state index in [1.165, 1.54) is 4.90 Å². The number of pyridine rings is 2. The smallest absolute Gasteiger partial charge is 0.411 e. The summed E-state index contributed by atoms with van der Waals surface area (Å²) < 4.78 is 39.1. The molecule has 1 N–H and O–H groups in total. The molecule has 2 aliphatic carbocycles. The van der Waals surface area contributed by atoms with Crippen LogP contribution in [-0.4, -0.2) is 115 Å². The molecule has 18 heteroatoms. The normalized spacial score (nSPS) is 25.3. The first-order valence-corrected chi connectivity index (χ1v) is 24.6. The van der Waals surface area contributed by atoms with Gasteiger partial charge < -0.3 is 38.5 Å². The van der Waals surface area contributed by atoms with Gasteiger partial charge in [0, 0.05) is 43.0 Å². The minimum Gasteiger partial charge on any atom is -0.497 e. The Morgan fingerprint density at radius 1 is 0.746 bits per heavy atom. The Morgan fingerprint density at radius 2 is 1.24 bits per heavy atom. The number of ether oxygens (including phenoxy) is 7. The van der Waals surface area contributed by atoms with Crippen LogP contribution in [-0.2, 0) is 33.4 Å². The maximum Gasteiger partial charge on any atom is 0.411 e. The van der Waals surface area contributed by atoms with Gasteiger partial charge in [-0.1, -0.05) is 35.4 Å². The number of carbonyl (C=O) groups is 5. The number of ketones is 2. The molecule has 16 nitrogen and oxygen atoms in total. The van der Waals surface area contributed by atoms with Gasteiger partial charge in [-0.25, -0.2) is 14.8 Å². The van der Waals surface area contributed by atoms with Gasteiger partial charge in [0.2, 0.25) is 11.8 Å². The Morgan fingerprint density at radius 3 is 1.69 bits per heavy atom. The molecule has 0 unspecified atom stereocenters. The Kier molecular flexibility index (Phi) is 16.2. The highest BCUT2D eigenvalue weighted by molar-refractivity contribution is 6.30. The summed E-state index contributed by atoms with van der Waals surface area (Å²) in [5.74, 6) is 0.934. The zero-order valence-electron chi connectivity index (χ0n) is 41.2. The molecule has 4 aromatic rings. The third kappa shape index (κ3) is 11.9. The Bertz CT molecular complexity index is 2710. The first kappa shape index (κ1) is 52.8. The van der Waals surface area contributed by atoms with Gasteiger partial charge in [-0.2, -0.15) is 0 Å². The van der Waals surface area contributed by atoms with E-state index >= 15 is 0 Å². The van der Waals surface area contributed by atoms with Crippen molar-refractivity contribution in [2.45, 2.75) is 103 Å². The average molecular weight is 1020 g/mol. The number of rotatable bonds is 18. The zero-order valence-corrected chi connectivity index (χ0v) is 42.7. The molecule has 2 aromatic carbocycles. The molecule has 8 rings (SSSR count). The second-order valence-corrected chi connectivity index (χ2v) is 20.1. The molecule has 8 atom stereocenters. The van der Waals surface area contributed by atoms with E-state index in [-0.39, 0.29) is 79.1 Å². The molecular formula is C53H62Cl2N4O12. The Hall–Kier alpha value is -5.97. The van der Waals surface area contributed by atoms with Crippen molar-refractivity contribution in [1.82, 2.24) is 20.2 Å². The first-order chi connectivity index (χ1) is 33.8. The minimum absolute atomic E-state index is 0.0119. The standard InChI is InChI=1S/C29H35ClN2O7.C24H27ClN2O5/c1-7-18-14-29(18,26(34)37-8-2)15-23(33)22-13-20(16-32(22)27(35)39-28(3,4)5)38-25-21-10-9-19(36-6)11-17(21)12-24(30)31-25;1-4-15-11-24(15,23(29)31-5-2)12-20(28)19-10-17(13-26-19)32-22-18-7-6-16(30-3)8-14(18)9-21(25)27-22/h7,9-12,18,20,22H,1,8,13-16H2,2-6H3;4,6-9,15,17,19,26H,1,5,10-13H2,2-3H3/t18-,20-,22+,29-;15-,17-,19+,24-/m11/s1. The summed E-state index contributed by atoms with van der Waals surface area (Å²) in [6.45, 7) is 17.5. The number of aromatic nitrogens is 2. The van der Waals surface area contributed by atoms with Gasteiger partial charge in [0.15, 0.2) is 11.6 Å². The lowest BCUT2D eigenvalue weighted by atomic mass is 9.92. The fourth-order valence-electron chi connectivity index (χ4n) is 9.56. The number of Topliss-reactive ketones (excluding diaryl/α,β-unsaturated/α-hetero) is 2. The fourth-order valence-corrected chi connectivity index (χ4v) is 9.95. The van der Waals surface area contributed by atoms with Crippen LogP contribution in [0.2, 0.25) is 10.3 Å². The number of benzene rings is 2.